The van der Waals surface area contributed by atoms with Crippen LogP contribution < -0.4 is 4.72 Å². The lowest BCUT2D eigenvalue weighted by atomic mass is 10.0. The maximum Gasteiger partial charge on any atom is 0.237 e. The number of likely N-dealkylation sites (tertiary alicyclic amines) is 1. The highest BCUT2D eigenvalue weighted by molar-refractivity contribution is 7.92. The number of imidazole rings is 1. The van der Waals surface area contributed by atoms with Crippen LogP contribution in [0, 0.1) is 0 Å². The number of hydrogen-bond donors (Lipinski definition) is 3. The number of aromatic amines is 1. The smallest absolute Gasteiger partial charge is 0.237 e. The summed E-state index contributed by atoms with van der Waals surface area (Å²) in [5.41, 5.74) is 3.94. The van der Waals surface area contributed by atoms with Crippen LogP contribution in [0.4, 0.5) is 5.69 Å². The van der Waals surface area contributed by atoms with Crippen LogP contribution in [0.5, 0.6) is 0 Å². The lowest BCUT2D eigenvalue weighted by Crippen LogP contribution is -2.39. The fraction of sp³-hybridized carbons (Fsp3) is 0.360. The number of carbonyl (C=O) groups excluding carboxylic acids is 1. The van der Waals surface area contributed by atoms with Gasteiger partial charge in [-0.2, -0.15) is 0 Å². The Morgan fingerprint density at radius 2 is 2.14 bits per heavy atom. The van der Waals surface area contributed by atoms with E-state index in [0.717, 1.165) is 41.0 Å². The molecule has 0 saturated carbocycles. The molecule has 2 aromatic carbocycles. The molecule has 3 aromatic rings. The molecular weight excluding hydrogens is 466 g/mol. The number of likely N-dealkylation sites (N-methyl/N-ethyl adjacent to an activating group) is 1. The Hall–Kier alpha value is -3.21. The van der Waals surface area contributed by atoms with E-state index in [1.807, 2.05) is 30.3 Å². The maximum atomic E-state index is 13.4. The number of rotatable bonds is 7. The summed E-state index contributed by atoms with van der Waals surface area (Å²) in [5, 5.41) is 10.0. The Bertz CT molecular complexity index is 1330. The van der Waals surface area contributed by atoms with E-state index in [2.05, 4.69) is 19.6 Å². The largest absolute Gasteiger partial charge is 0.392 e. The van der Waals surface area contributed by atoms with E-state index in [1.165, 1.54) is 0 Å². The highest BCUT2D eigenvalue weighted by atomic mass is 32.2. The van der Waals surface area contributed by atoms with Gasteiger partial charge in [-0.05, 0) is 35.2 Å². The second kappa shape index (κ2) is 9.44. The molecule has 2 atom stereocenters. The highest BCUT2D eigenvalue weighted by Gasteiger charge is 2.29. The zero-order valence-corrected chi connectivity index (χ0v) is 20.3. The van der Waals surface area contributed by atoms with Gasteiger partial charge >= 0.3 is 0 Å². The van der Waals surface area contributed by atoms with Crippen LogP contribution in [0.1, 0.15) is 29.2 Å². The summed E-state index contributed by atoms with van der Waals surface area (Å²) in [6.07, 6.45) is 4.01. The normalized spacial score (nSPS) is 19.8. The van der Waals surface area contributed by atoms with Gasteiger partial charge in [0.25, 0.3) is 0 Å². The fourth-order valence-corrected chi connectivity index (χ4v) is 6.08. The van der Waals surface area contributed by atoms with Crippen LogP contribution in [0.3, 0.4) is 0 Å². The molecule has 184 valence electrons. The second-order valence-electron chi connectivity index (χ2n) is 9.32. The minimum Gasteiger partial charge on any atom is -0.392 e. The Labute approximate surface area is 204 Å². The third kappa shape index (κ3) is 5.24. The van der Waals surface area contributed by atoms with Gasteiger partial charge < -0.3 is 15.0 Å². The molecule has 2 aliphatic rings. The van der Waals surface area contributed by atoms with Crippen molar-refractivity contribution in [2.75, 3.05) is 31.4 Å². The van der Waals surface area contributed by atoms with Crippen LogP contribution in [-0.4, -0.2) is 72.0 Å². The van der Waals surface area contributed by atoms with Crippen molar-refractivity contribution in [3.63, 3.8) is 0 Å². The van der Waals surface area contributed by atoms with Crippen LogP contribution in [0.25, 0.3) is 11.4 Å². The summed E-state index contributed by atoms with van der Waals surface area (Å²) in [5.74, 6) is 0.655. The molecule has 3 N–H and O–H groups in total. The number of benzene rings is 2. The predicted molar refractivity (Wildman–Crippen MR) is 133 cm³/mol. The van der Waals surface area contributed by atoms with Crippen LogP contribution in [0.15, 0.2) is 54.9 Å². The Morgan fingerprint density at radius 3 is 2.89 bits per heavy atom. The summed E-state index contributed by atoms with van der Waals surface area (Å²) < 4.78 is 26.3. The molecule has 2 aliphatic heterocycles. The van der Waals surface area contributed by atoms with Gasteiger partial charge in [0.05, 0.1) is 30.0 Å². The molecule has 3 heterocycles. The number of aromatic nitrogens is 2. The number of aliphatic hydroxyl groups excluding tert-OH is 1. The zero-order chi connectivity index (χ0) is 24.6. The van der Waals surface area contributed by atoms with Gasteiger partial charge in [-0.15, -0.1) is 0 Å². The summed E-state index contributed by atoms with van der Waals surface area (Å²) >= 11 is 0. The molecule has 10 heteroatoms. The van der Waals surface area contributed by atoms with Crippen LogP contribution in [0.2, 0.25) is 0 Å². The third-order valence-electron chi connectivity index (χ3n) is 6.72. The molecule has 5 rings (SSSR count). The number of anilines is 1. The van der Waals surface area contributed by atoms with Crippen molar-refractivity contribution in [1.29, 1.82) is 0 Å². The minimum absolute atomic E-state index is 0.0355. The Balaban J connectivity index is 1.38. The van der Waals surface area contributed by atoms with E-state index in [9.17, 15) is 18.3 Å². The van der Waals surface area contributed by atoms with Crippen molar-refractivity contribution < 1.29 is 18.3 Å². The van der Waals surface area contributed by atoms with E-state index < -0.39 is 10.0 Å². The molecule has 0 spiro atoms. The van der Waals surface area contributed by atoms with Gasteiger partial charge in [0.2, 0.25) is 15.9 Å². The first-order valence-electron chi connectivity index (χ1n) is 11.7. The molecule has 1 aromatic heterocycles. The SMILES string of the molecule is CN(C(=O)Cc1ccc2c(c1)NS(=O)(=O)C2)[C@H](CN1CC[C@@H](O)C1)c1cccc(-c2ncc[nH]2)c1. The Morgan fingerprint density at radius 1 is 1.29 bits per heavy atom. The average Bonchev–Trinajstić information content (AvgIpc) is 3.56. The standard InChI is InChI=1S/C25H29N5O4S/c1-29(24(32)12-17-5-6-20-16-35(33,34)28-22(20)11-17)23(15-30-10-7-21(31)14-30)18-3-2-4-19(13-18)25-26-8-9-27-25/h2-6,8-9,11,13,21,23,28,31H,7,10,12,14-16H2,1H3,(H,26,27)/t21-,23-/m1/s1. The second-order valence-corrected chi connectivity index (χ2v) is 11.0. The summed E-state index contributed by atoms with van der Waals surface area (Å²) in [6, 6.07) is 13.1. The molecule has 35 heavy (non-hydrogen) atoms. The van der Waals surface area contributed by atoms with Gasteiger partial charge in [0, 0.05) is 44.6 Å². The van der Waals surface area contributed by atoms with Gasteiger partial charge in [-0.25, -0.2) is 13.4 Å². The number of hydrogen-bond acceptors (Lipinski definition) is 6. The maximum absolute atomic E-state index is 13.4. The first-order chi connectivity index (χ1) is 16.8. The third-order valence-corrected chi connectivity index (χ3v) is 7.95. The molecule has 0 bridgehead atoms. The van der Waals surface area contributed by atoms with Crippen molar-refractivity contribution in [3.8, 4) is 11.4 Å². The molecule has 0 aliphatic carbocycles. The van der Waals surface area contributed by atoms with E-state index in [0.29, 0.717) is 18.8 Å². The zero-order valence-electron chi connectivity index (χ0n) is 19.5. The van der Waals surface area contributed by atoms with Crippen molar-refractivity contribution in [3.05, 3.63) is 71.5 Å². The molecule has 1 amide bonds. The number of nitrogens with zero attached hydrogens (tertiary/aromatic N) is 3. The van der Waals surface area contributed by atoms with Gasteiger partial charge in [-0.3, -0.25) is 14.4 Å². The highest BCUT2D eigenvalue weighted by Crippen LogP contribution is 2.30. The summed E-state index contributed by atoms with van der Waals surface area (Å²) in [6.45, 7) is 1.97. The van der Waals surface area contributed by atoms with E-state index in [-0.39, 0.29) is 30.2 Å². The van der Waals surface area contributed by atoms with Crippen molar-refractivity contribution in [2.45, 2.75) is 30.7 Å². The summed E-state index contributed by atoms with van der Waals surface area (Å²) in [4.78, 5) is 24.8. The first kappa shape index (κ1) is 23.5. The first-order valence-corrected chi connectivity index (χ1v) is 13.3. The summed E-state index contributed by atoms with van der Waals surface area (Å²) in [7, 11) is -1.54. The number of sulfonamides is 1. The number of fused-ring (bicyclic) bond motifs is 1. The van der Waals surface area contributed by atoms with Crippen LogP contribution >= 0.6 is 0 Å². The number of amides is 1. The fourth-order valence-electron chi connectivity index (χ4n) is 4.83. The number of nitrogens with one attached hydrogen (secondary N) is 2. The van der Waals surface area contributed by atoms with Crippen LogP contribution in [-0.2, 0) is 27.0 Å². The minimum atomic E-state index is -3.34. The van der Waals surface area contributed by atoms with Gasteiger partial charge in [-0.1, -0.05) is 30.3 Å². The number of carbonyl (C=O) groups is 1. The van der Waals surface area contributed by atoms with Gasteiger partial charge in [0.1, 0.15) is 5.82 Å². The molecule has 0 unspecified atom stereocenters. The van der Waals surface area contributed by atoms with E-state index >= 15 is 0 Å². The average molecular weight is 496 g/mol. The molecule has 1 fully saturated rings. The lowest BCUT2D eigenvalue weighted by Gasteiger charge is -2.32. The molecule has 0 radical (unpaired) electrons. The number of aliphatic hydroxyl groups is 1. The number of β-amino-alcohol motifs (C(OH)–C–C–N with tert-alkyl or cyclic N) is 1. The predicted octanol–water partition coefficient (Wildman–Crippen LogP) is 2.14. The molecule has 1 saturated heterocycles. The molecule has 9 nitrogen and oxygen atoms in total. The van der Waals surface area contributed by atoms with E-state index in [1.54, 1.807) is 36.5 Å². The monoisotopic (exact) mass is 495 g/mol. The lowest BCUT2D eigenvalue weighted by molar-refractivity contribution is -0.131. The van der Waals surface area contributed by atoms with Crippen molar-refractivity contribution in [1.82, 2.24) is 19.8 Å². The molecular formula is C25H29N5O4S. The van der Waals surface area contributed by atoms with Crippen molar-refractivity contribution in [2.24, 2.45) is 0 Å². The quantitative estimate of drug-likeness (QED) is 0.462. The Kier molecular flexibility index (Phi) is 6.35. The van der Waals surface area contributed by atoms with Crippen molar-refractivity contribution >= 4 is 21.6 Å². The van der Waals surface area contributed by atoms with Gasteiger partial charge in [0.15, 0.2) is 0 Å². The topological polar surface area (TPSA) is 119 Å². The van der Waals surface area contributed by atoms with E-state index in [4.69, 9.17) is 0 Å². The number of H-pyrrole nitrogens is 1.